The Hall–Kier alpha value is -4.65. The van der Waals surface area contributed by atoms with E-state index in [-0.39, 0.29) is 35.5 Å². The first-order valence-electron chi connectivity index (χ1n) is 12.5. The van der Waals surface area contributed by atoms with Crippen molar-refractivity contribution in [2.45, 2.75) is 18.8 Å². The number of halogens is 3. The molecule has 204 valence electrons. The van der Waals surface area contributed by atoms with Gasteiger partial charge in [0.25, 0.3) is 5.89 Å². The molecule has 4 heterocycles. The maximum absolute atomic E-state index is 13.4. The molecule has 0 unspecified atom stereocenters. The molecule has 0 amide bonds. The van der Waals surface area contributed by atoms with Crippen molar-refractivity contribution in [3.63, 3.8) is 0 Å². The molecule has 40 heavy (non-hydrogen) atoms. The van der Waals surface area contributed by atoms with Gasteiger partial charge in [0.15, 0.2) is 11.9 Å². The van der Waals surface area contributed by atoms with Gasteiger partial charge in [0.1, 0.15) is 5.82 Å². The summed E-state index contributed by atoms with van der Waals surface area (Å²) in [6, 6.07) is 16.9. The van der Waals surface area contributed by atoms with Gasteiger partial charge in [-0.3, -0.25) is 9.79 Å². The molecule has 2 aliphatic rings. The second-order valence-corrected chi connectivity index (χ2v) is 9.13. The van der Waals surface area contributed by atoms with E-state index in [1.54, 1.807) is 4.90 Å². The van der Waals surface area contributed by atoms with E-state index in [1.165, 1.54) is 0 Å². The second kappa shape index (κ2) is 10.5. The number of benzene rings is 2. The van der Waals surface area contributed by atoms with Gasteiger partial charge in [0, 0.05) is 36.8 Å². The Bertz CT molecular complexity index is 1570. The number of nitrogens with zero attached hydrogens (tertiary/aromatic N) is 6. The van der Waals surface area contributed by atoms with E-state index < -0.39 is 18.2 Å². The number of rotatable bonds is 5. The monoisotopic (exact) mass is 549 g/mol. The van der Waals surface area contributed by atoms with Gasteiger partial charge in [-0.25, -0.2) is 9.97 Å². The Labute approximate surface area is 225 Å². The average Bonchev–Trinajstić information content (AvgIpc) is 3.38. The molecule has 0 spiro atoms. The number of anilines is 2. The van der Waals surface area contributed by atoms with Gasteiger partial charge >= 0.3 is 12.2 Å². The van der Waals surface area contributed by atoms with Gasteiger partial charge in [-0.1, -0.05) is 59.7 Å². The van der Waals surface area contributed by atoms with Crippen molar-refractivity contribution in [3.05, 3.63) is 83.3 Å². The lowest BCUT2D eigenvalue weighted by molar-refractivity contribution is -0.144. The Balaban J connectivity index is 1.34. The van der Waals surface area contributed by atoms with Crippen molar-refractivity contribution in [2.75, 3.05) is 36.5 Å². The smallest absolute Gasteiger partial charge is 0.403 e. The highest BCUT2D eigenvalue weighted by molar-refractivity contribution is 6.16. The predicted molar refractivity (Wildman–Crippen MR) is 138 cm³/mol. The van der Waals surface area contributed by atoms with Crippen LogP contribution in [0.4, 0.5) is 25.0 Å². The van der Waals surface area contributed by atoms with Crippen molar-refractivity contribution in [3.8, 4) is 11.5 Å². The van der Waals surface area contributed by atoms with E-state index >= 15 is 0 Å². The molecule has 2 aliphatic heterocycles. The van der Waals surface area contributed by atoms with Crippen LogP contribution >= 0.6 is 0 Å². The number of hydrogen-bond acceptors (Lipinski definition) is 10. The number of carbonyl (C=O) groups is 1. The maximum Gasteiger partial charge on any atom is 0.451 e. The highest BCUT2D eigenvalue weighted by atomic mass is 19.4. The van der Waals surface area contributed by atoms with Crippen LogP contribution in [-0.2, 0) is 22.1 Å². The molecule has 0 bridgehead atoms. The van der Waals surface area contributed by atoms with E-state index in [2.05, 4.69) is 25.5 Å². The predicted octanol–water partition coefficient (Wildman–Crippen LogP) is 3.78. The molecular formula is C27H22F3N7O3. The molecule has 6 rings (SSSR count). The van der Waals surface area contributed by atoms with E-state index in [0.29, 0.717) is 32.0 Å². The maximum atomic E-state index is 13.4. The van der Waals surface area contributed by atoms with Crippen molar-refractivity contribution >= 4 is 23.3 Å². The topological polar surface area (TPSA) is 119 Å². The Morgan fingerprint density at radius 1 is 0.950 bits per heavy atom. The van der Waals surface area contributed by atoms with Gasteiger partial charge in [0.05, 0.1) is 24.5 Å². The molecule has 10 nitrogen and oxygen atoms in total. The van der Waals surface area contributed by atoms with Gasteiger partial charge in [0.2, 0.25) is 5.82 Å². The first kappa shape index (κ1) is 25.6. The minimum absolute atomic E-state index is 0.00574. The number of ether oxygens (including phenoxy) is 1. The molecule has 13 heteroatoms. The van der Waals surface area contributed by atoms with Crippen LogP contribution in [0.25, 0.3) is 11.5 Å². The van der Waals surface area contributed by atoms with Crippen LogP contribution in [-0.4, -0.2) is 64.1 Å². The van der Waals surface area contributed by atoms with E-state index in [1.807, 2.05) is 54.6 Å². The summed E-state index contributed by atoms with van der Waals surface area (Å²) in [5.74, 6) is -1.59. The third-order valence-electron chi connectivity index (χ3n) is 6.50. The zero-order valence-electron chi connectivity index (χ0n) is 20.9. The molecule has 0 saturated carbocycles. The van der Waals surface area contributed by atoms with Crippen LogP contribution in [0.5, 0.6) is 0 Å². The lowest BCUT2D eigenvalue weighted by Gasteiger charge is -2.29. The largest absolute Gasteiger partial charge is 0.451 e. The SMILES string of the molecule is O=C1Cc2ccccc2C(c2ccccc2)=N[C@@H]1Nc1nnc(-c2cnc(C(F)(F)F)nc2N2CCOCC2)o1. The zero-order chi connectivity index (χ0) is 27.7. The summed E-state index contributed by atoms with van der Waals surface area (Å²) in [6.45, 7) is 1.31. The fourth-order valence-electron chi connectivity index (χ4n) is 4.58. The molecule has 1 fully saturated rings. The Kier molecular flexibility index (Phi) is 6.72. The number of aliphatic imine (C=N–C) groups is 1. The molecular weight excluding hydrogens is 527 g/mol. The quantitative estimate of drug-likeness (QED) is 0.397. The minimum atomic E-state index is -4.73. The van der Waals surface area contributed by atoms with Gasteiger partial charge in [-0.05, 0) is 5.56 Å². The first-order chi connectivity index (χ1) is 19.4. The fourth-order valence-corrected chi connectivity index (χ4v) is 4.58. The highest BCUT2D eigenvalue weighted by Gasteiger charge is 2.37. The number of ketones is 1. The number of carbonyl (C=O) groups excluding carboxylic acids is 1. The van der Waals surface area contributed by atoms with Crippen molar-refractivity contribution in [2.24, 2.45) is 4.99 Å². The third-order valence-corrected chi connectivity index (χ3v) is 6.50. The van der Waals surface area contributed by atoms with Gasteiger partial charge in [-0.15, -0.1) is 5.10 Å². The number of fused-ring (bicyclic) bond motifs is 1. The second-order valence-electron chi connectivity index (χ2n) is 9.13. The summed E-state index contributed by atoms with van der Waals surface area (Å²) in [4.78, 5) is 26.9. The summed E-state index contributed by atoms with van der Waals surface area (Å²) in [5, 5.41) is 10.9. The lowest BCUT2D eigenvalue weighted by Crippen LogP contribution is -2.37. The molecule has 1 N–H and O–H groups in total. The zero-order valence-corrected chi connectivity index (χ0v) is 20.9. The highest BCUT2D eigenvalue weighted by Crippen LogP contribution is 2.34. The molecule has 0 aliphatic carbocycles. The summed E-state index contributed by atoms with van der Waals surface area (Å²) >= 11 is 0. The van der Waals surface area contributed by atoms with Gasteiger partial charge < -0.3 is 19.4 Å². The standard InChI is InChI=1S/C27H22F3N7O3/c28-27(29,30)25-31-15-19(23(34-25)37-10-12-39-13-11-37)24-35-36-26(40-24)33-22-20(38)14-17-8-4-5-9-18(17)21(32-22)16-6-2-1-3-7-16/h1-9,15,22H,10-14H2,(H,33,36)/t22-/m1/s1. The van der Waals surface area contributed by atoms with Crippen molar-refractivity contribution in [1.82, 2.24) is 20.2 Å². The van der Waals surface area contributed by atoms with Crippen LogP contribution in [0, 0.1) is 0 Å². The van der Waals surface area contributed by atoms with Crippen molar-refractivity contribution in [1.29, 1.82) is 0 Å². The van der Waals surface area contributed by atoms with Crippen molar-refractivity contribution < 1.29 is 27.1 Å². The van der Waals surface area contributed by atoms with Crippen LogP contribution in [0.2, 0.25) is 0 Å². The Morgan fingerprint density at radius 2 is 1.70 bits per heavy atom. The van der Waals surface area contributed by atoms with Crippen LogP contribution in [0.1, 0.15) is 22.5 Å². The fraction of sp³-hybridized carbons (Fsp3) is 0.259. The number of Topliss-reactive ketones (excluding diaryl/α,β-unsaturated/α-hetero) is 1. The summed E-state index contributed by atoms with van der Waals surface area (Å²) in [6.07, 6.45) is -4.63. The van der Waals surface area contributed by atoms with E-state index in [4.69, 9.17) is 14.1 Å². The first-order valence-corrected chi connectivity index (χ1v) is 12.5. The molecule has 4 aromatic rings. The molecule has 1 saturated heterocycles. The minimum Gasteiger partial charge on any atom is -0.403 e. The number of hydrogen-bond donors (Lipinski definition) is 1. The molecule has 2 aromatic heterocycles. The number of nitrogens with one attached hydrogen (secondary N) is 1. The summed E-state index contributed by atoms with van der Waals surface area (Å²) in [7, 11) is 0. The average molecular weight is 550 g/mol. The summed E-state index contributed by atoms with van der Waals surface area (Å²) in [5.41, 5.74) is 3.27. The number of aromatic nitrogens is 4. The lowest BCUT2D eigenvalue weighted by atomic mass is 9.96. The molecule has 2 aromatic carbocycles. The normalized spacial score (nSPS) is 17.7. The number of morpholine rings is 1. The molecule has 1 atom stereocenters. The third kappa shape index (κ3) is 5.15. The Morgan fingerprint density at radius 3 is 2.48 bits per heavy atom. The van der Waals surface area contributed by atoms with E-state index in [0.717, 1.165) is 22.9 Å². The number of alkyl halides is 3. The van der Waals surface area contributed by atoms with Crippen LogP contribution in [0.15, 0.2) is 70.2 Å². The van der Waals surface area contributed by atoms with Gasteiger partial charge in [-0.2, -0.15) is 13.2 Å². The molecule has 0 radical (unpaired) electrons. The van der Waals surface area contributed by atoms with Crippen LogP contribution in [0.3, 0.4) is 0 Å². The van der Waals surface area contributed by atoms with E-state index in [9.17, 15) is 18.0 Å². The van der Waals surface area contributed by atoms with Crippen LogP contribution < -0.4 is 10.2 Å². The summed E-state index contributed by atoms with van der Waals surface area (Å²) < 4.78 is 51.2.